The Labute approximate surface area is 102 Å². The summed E-state index contributed by atoms with van der Waals surface area (Å²) < 4.78 is 26.7. The predicted molar refractivity (Wildman–Crippen MR) is 60.6 cm³/mol. The molecule has 0 fully saturated rings. The second-order valence-corrected chi connectivity index (χ2v) is 3.92. The summed E-state index contributed by atoms with van der Waals surface area (Å²) in [6, 6.07) is 7.42. The molecule has 0 spiro atoms. The highest BCUT2D eigenvalue weighted by molar-refractivity contribution is 5.73. The van der Waals surface area contributed by atoms with Gasteiger partial charge in [-0.05, 0) is 12.5 Å². The van der Waals surface area contributed by atoms with E-state index >= 15 is 0 Å². The first-order valence-electron chi connectivity index (χ1n) is 5.34. The lowest BCUT2D eigenvalue weighted by Gasteiger charge is -2.06. The first kappa shape index (κ1) is 12.3. The second kappa shape index (κ2) is 5.03. The predicted octanol–water partition coefficient (Wildman–Crippen LogP) is 2.38. The van der Waals surface area contributed by atoms with Crippen molar-refractivity contribution >= 4 is 6.29 Å². The van der Waals surface area contributed by atoms with Crippen LogP contribution < -0.4 is 0 Å². The van der Waals surface area contributed by atoms with Gasteiger partial charge < -0.3 is 0 Å². The summed E-state index contributed by atoms with van der Waals surface area (Å²) in [6.45, 7) is 2.11. The quantitative estimate of drug-likeness (QED) is 0.784. The molecular formula is C12H11F2N3O. The van der Waals surface area contributed by atoms with E-state index in [0.29, 0.717) is 6.29 Å². The van der Waals surface area contributed by atoms with Crippen molar-refractivity contribution < 1.29 is 13.6 Å². The largest absolute Gasteiger partial charge is 0.296 e. The van der Waals surface area contributed by atoms with Gasteiger partial charge in [0.15, 0.2) is 12.0 Å². The van der Waals surface area contributed by atoms with Gasteiger partial charge in [-0.25, -0.2) is 13.5 Å². The minimum absolute atomic E-state index is 0.167. The number of nitrogens with zero attached hydrogens (tertiary/aromatic N) is 3. The van der Waals surface area contributed by atoms with Crippen LogP contribution in [0, 0.1) is 6.92 Å². The molecule has 0 unspecified atom stereocenters. The Morgan fingerprint density at radius 2 is 2.00 bits per heavy atom. The number of carbonyl (C=O) groups excluding carboxylic acids is 1. The van der Waals surface area contributed by atoms with E-state index in [4.69, 9.17) is 0 Å². The molecule has 1 aromatic heterocycles. The number of aromatic nitrogens is 3. The van der Waals surface area contributed by atoms with Gasteiger partial charge in [0.1, 0.15) is 5.69 Å². The molecule has 0 N–H and O–H groups in total. The van der Waals surface area contributed by atoms with Crippen molar-refractivity contribution in [3.8, 4) is 0 Å². The smallest absolute Gasteiger partial charge is 0.282 e. The van der Waals surface area contributed by atoms with Crippen molar-refractivity contribution in [2.75, 3.05) is 0 Å². The lowest BCUT2D eigenvalue weighted by molar-refractivity contribution is 0.109. The molecular weight excluding hydrogens is 240 g/mol. The number of halogens is 2. The Morgan fingerprint density at radius 3 is 2.56 bits per heavy atom. The lowest BCUT2D eigenvalue weighted by Crippen LogP contribution is -2.07. The zero-order chi connectivity index (χ0) is 13.1. The van der Waals surface area contributed by atoms with Crippen molar-refractivity contribution in [2.24, 2.45) is 0 Å². The number of benzene rings is 1. The molecule has 94 valence electrons. The van der Waals surface area contributed by atoms with E-state index in [-0.39, 0.29) is 12.2 Å². The number of alkyl halides is 2. The van der Waals surface area contributed by atoms with E-state index < -0.39 is 12.1 Å². The molecule has 0 saturated carbocycles. The molecule has 0 radical (unpaired) electrons. The van der Waals surface area contributed by atoms with E-state index in [0.717, 1.165) is 15.8 Å². The van der Waals surface area contributed by atoms with Gasteiger partial charge in [0.25, 0.3) is 6.43 Å². The van der Waals surface area contributed by atoms with Crippen LogP contribution in [0.5, 0.6) is 0 Å². The molecule has 2 rings (SSSR count). The molecule has 0 bridgehead atoms. The highest BCUT2D eigenvalue weighted by atomic mass is 19.3. The van der Waals surface area contributed by atoms with Crippen molar-refractivity contribution in [1.82, 2.24) is 15.0 Å². The minimum atomic E-state index is -2.77. The van der Waals surface area contributed by atoms with Crippen molar-refractivity contribution in [3.63, 3.8) is 0 Å². The van der Waals surface area contributed by atoms with Gasteiger partial charge in [0.05, 0.1) is 6.54 Å². The molecule has 4 nitrogen and oxygen atoms in total. The van der Waals surface area contributed by atoms with Crippen LogP contribution in [0.2, 0.25) is 0 Å². The Balaban J connectivity index is 2.31. The van der Waals surface area contributed by atoms with Gasteiger partial charge in [-0.15, -0.1) is 5.10 Å². The molecule has 0 saturated heterocycles. The average molecular weight is 251 g/mol. The van der Waals surface area contributed by atoms with Gasteiger partial charge in [0.2, 0.25) is 0 Å². The molecule has 1 heterocycles. The molecule has 0 atom stereocenters. The maximum atomic E-state index is 12.8. The van der Waals surface area contributed by atoms with Crippen LogP contribution in [-0.4, -0.2) is 21.3 Å². The number of rotatable bonds is 4. The van der Waals surface area contributed by atoms with Crippen molar-refractivity contribution in [2.45, 2.75) is 19.9 Å². The third-order valence-electron chi connectivity index (χ3n) is 2.57. The maximum absolute atomic E-state index is 12.8. The van der Waals surface area contributed by atoms with E-state index in [9.17, 15) is 13.6 Å². The van der Waals surface area contributed by atoms with Crippen LogP contribution >= 0.6 is 0 Å². The molecule has 18 heavy (non-hydrogen) atoms. The fraction of sp³-hybridized carbons (Fsp3) is 0.250. The zero-order valence-corrected chi connectivity index (χ0v) is 9.68. The van der Waals surface area contributed by atoms with Crippen LogP contribution in [0.25, 0.3) is 0 Å². The van der Waals surface area contributed by atoms with Gasteiger partial charge in [-0.3, -0.25) is 4.79 Å². The van der Waals surface area contributed by atoms with Crippen molar-refractivity contribution in [3.05, 3.63) is 46.8 Å². The molecule has 1 aromatic carbocycles. The van der Waals surface area contributed by atoms with Crippen LogP contribution in [0.3, 0.4) is 0 Å². The highest BCUT2D eigenvalue weighted by Gasteiger charge is 2.21. The van der Waals surface area contributed by atoms with Crippen LogP contribution in [0.15, 0.2) is 24.3 Å². The van der Waals surface area contributed by atoms with E-state index in [2.05, 4.69) is 10.3 Å². The normalized spacial score (nSPS) is 10.9. The van der Waals surface area contributed by atoms with Gasteiger partial charge in [-0.1, -0.05) is 35.0 Å². The summed E-state index contributed by atoms with van der Waals surface area (Å²) in [4.78, 5) is 10.6. The van der Waals surface area contributed by atoms with Gasteiger partial charge in [-0.2, -0.15) is 0 Å². The molecule has 0 aliphatic carbocycles. The van der Waals surface area contributed by atoms with E-state index in [1.54, 1.807) is 0 Å². The summed E-state index contributed by atoms with van der Waals surface area (Å²) in [7, 11) is 0. The molecule has 0 aliphatic rings. The van der Waals surface area contributed by atoms with E-state index in [1.165, 1.54) is 0 Å². The third-order valence-corrected chi connectivity index (χ3v) is 2.57. The van der Waals surface area contributed by atoms with Crippen LogP contribution in [0.1, 0.15) is 33.7 Å². The highest BCUT2D eigenvalue weighted by Crippen LogP contribution is 2.21. The average Bonchev–Trinajstić information content (AvgIpc) is 2.75. The Hall–Kier alpha value is -2.11. The molecule has 2 aromatic rings. The lowest BCUT2D eigenvalue weighted by atomic mass is 10.1. The summed E-state index contributed by atoms with van der Waals surface area (Å²) in [5, 5.41) is 7.02. The first-order chi connectivity index (χ1) is 8.61. The summed E-state index contributed by atoms with van der Waals surface area (Å²) >= 11 is 0. The molecule has 0 amide bonds. The summed E-state index contributed by atoms with van der Waals surface area (Å²) in [5.41, 5.74) is 1.16. The standard InChI is InChI=1S/C12H11F2N3O/c1-8-2-4-9(5-3-8)6-17-11(12(13)14)10(7-18)15-16-17/h2-5,7,12H,6H2,1H3. The molecule has 0 aliphatic heterocycles. The fourth-order valence-electron chi connectivity index (χ4n) is 1.63. The maximum Gasteiger partial charge on any atom is 0.282 e. The third kappa shape index (κ3) is 2.42. The Kier molecular flexibility index (Phi) is 3.45. The summed E-state index contributed by atoms with van der Waals surface area (Å²) in [6.07, 6.45) is -2.48. The number of aldehydes is 1. The SMILES string of the molecule is Cc1ccc(Cn2nnc(C=O)c2C(F)F)cc1. The topological polar surface area (TPSA) is 47.8 Å². The number of hydrogen-bond donors (Lipinski definition) is 0. The fourth-order valence-corrected chi connectivity index (χ4v) is 1.63. The van der Waals surface area contributed by atoms with Gasteiger partial charge in [0, 0.05) is 0 Å². The van der Waals surface area contributed by atoms with Gasteiger partial charge >= 0.3 is 0 Å². The monoisotopic (exact) mass is 251 g/mol. The number of hydrogen-bond acceptors (Lipinski definition) is 3. The summed E-state index contributed by atoms with van der Waals surface area (Å²) in [5.74, 6) is 0. The Morgan fingerprint density at radius 1 is 1.33 bits per heavy atom. The van der Waals surface area contributed by atoms with Crippen molar-refractivity contribution in [1.29, 1.82) is 0 Å². The number of carbonyl (C=O) groups is 1. The Bertz CT molecular complexity index is 549. The van der Waals surface area contributed by atoms with Crippen LogP contribution in [-0.2, 0) is 6.54 Å². The zero-order valence-electron chi connectivity index (χ0n) is 9.68. The minimum Gasteiger partial charge on any atom is -0.296 e. The first-order valence-corrected chi connectivity index (χ1v) is 5.34. The second-order valence-electron chi connectivity index (χ2n) is 3.92. The van der Waals surface area contributed by atoms with E-state index in [1.807, 2.05) is 31.2 Å². The van der Waals surface area contributed by atoms with Crippen LogP contribution in [0.4, 0.5) is 8.78 Å². The molecule has 6 heteroatoms. The number of aryl methyl sites for hydroxylation is 1.